The number of nitrogens with zero attached hydrogens (tertiary/aromatic N) is 2. The monoisotopic (exact) mass is 341 g/mol. The molecule has 0 radical (unpaired) electrons. The molecule has 10 heteroatoms. The third-order valence-corrected chi connectivity index (χ3v) is 2.60. The molecular formula is C14H14F3N5O2. The van der Waals surface area contributed by atoms with Gasteiger partial charge >= 0.3 is 6.18 Å². The number of anilines is 1. The average Bonchev–Trinajstić information content (AvgIpc) is 2.55. The number of ketones is 1. The number of nitrogen functional groups attached to an aromatic ring is 1. The van der Waals surface area contributed by atoms with Gasteiger partial charge in [0.2, 0.25) is 6.41 Å². The lowest BCUT2D eigenvalue weighted by Gasteiger charge is -2.10. The lowest BCUT2D eigenvalue weighted by Crippen LogP contribution is -2.19. The Bertz CT molecular complexity index is 693. The number of nitrogens with two attached hydrogens (primary N) is 2. The number of hydrogen-bond donors (Lipinski definition) is 3. The summed E-state index contributed by atoms with van der Waals surface area (Å²) < 4.78 is 38.5. The van der Waals surface area contributed by atoms with Gasteiger partial charge in [-0.05, 0) is 5.56 Å². The van der Waals surface area contributed by atoms with Crippen molar-refractivity contribution in [3.8, 4) is 0 Å². The number of alkyl halides is 3. The number of halogens is 3. The maximum absolute atomic E-state index is 12.8. The number of carbonyl (C=O) groups excluding carboxylic acids is 2. The van der Waals surface area contributed by atoms with Crippen molar-refractivity contribution in [2.45, 2.75) is 12.6 Å². The highest BCUT2D eigenvalue weighted by molar-refractivity contribution is 5.96. The van der Waals surface area contributed by atoms with Crippen LogP contribution in [0.4, 0.5) is 19.0 Å². The molecule has 0 atom stereocenters. The molecule has 7 nitrogen and oxygen atoms in total. The number of nitrogens with one attached hydrogen (secondary N) is 1. The second-order valence-corrected chi connectivity index (χ2v) is 4.36. The van der Waals surface area contributed by atoms with E-state index in [1.165, 1.54) is 0 Å². The Hall–Kier alpha value is -3.01. The highest BCUT2D eigenvalue weighted by Crippen LogP contribution is 2.30. The molecule has 0 aliphatic carbocycles. The fourth-order valence-electron chi connectivity index (χ4n) is 1.67. The Balaban J connectivity index is 0.000000648. The molecule has 1 amide bonds. The molecule has 0 saturated heterocycles. The molecule has 1 heterocycles. The van der Waals surface area contributed by atoms with Crippen LogP contribution in [0.25, 0.3) is 0 Å². The van der Waals surface area contributed by atoms with E-state index in [1.54, 1.807) is 35.8 Å². The van der Waals surface area contributed by atoms with Crippen molar-refractivity contribution in [1.82, 2.24) is 15.4 Å². The van der Waals surface area contributed by atoms with Crippen LogP contribution in [0.5, 0.6) is 0 Å². The molecule has 0 saturated carbocycles. The Labute approximate surface area is 134 Å². The van der Waals surface area contributed by atoms with E-state index < -0.39 is 23.3 Å². The number of carbonyl (C=O) groups is 2. The zero-order valence-electron chi connectivity index (χ0n) is 12.2. The summed E-state index contributed by atoms with van der Waals surface area (Å²) in [6, 6.07) is 8.44. The SMILES string of the molecule is NNC=O.Nc1cnc(C(=O)Cc2ccccc2)c(C(F)(F)F)n1. The predicted octanol–water partition coefficient (Wildman–Crippen LogP) is 1.11. The van der Waals surface area contributed by atoms with Crippen molar-refractivity contribution in [1.29, 1.82) is 0 Å². The Morgan fingerprint density at radius 1 is 1.25 bits per heavy atom. The first kappa shape index (κ1) is 19.0. The minimum Gasteiger partial charge on any atom is -0.382 e. The lowest BCUT2D eigenvalue weighted by molar-refractivity contribution is -0.141. The molecule has 0 aliphatic rings. The van der Waals surface area contributed by atoms with Crippen molar-refractivity contribution >= 4 is 18.0 Å². The second kappa shape index (κ2) is 8.58. The summed E-state index contributed by atoms with van der Waals surface area (Å²) in [5.41, 5.74) is 5.48. The number of amides is 1. The van der Waals surface area contributed by atoms with Crippen molar-refractivity contribution in [3.05, 3.63) is 53.5 Å². The molecule has 2 aromatic rings. The van der Waals surface area contributed by atoms with E-state index in [-0.39, 0.29) is 12.2 Å². The Kier molecular flexibility index (Phi) is 6.80. The second-order valence-electron chi connectivity index (χ2n) is 4.36. The van der Waals surface area contributed by atoms with Crippen LogP contribution in [0.3, 0.4) is 0 Å². The van der Waals surface area contributed by atoms with Gasteiger partial charge < -0.3 is 5.73 Å². The van der Waals surface area contributed by atoms with E-state index in [1.807, 2.05) is 0 Å². The lowest BCUT2D eigenvalue weighted by atomic mass is 10.1. The van der Waals surface area contributed by atoms with Gasteiger partial charge in [-0.3, -0.25) is 15.0 Å². The predicted molar refractivity (Wildman–Crippen MR) is 79.3 cm³/mol. The van der Waals surface area contributed by atoms with Gasteiger partial charge in [0.15, 0.2) is 11.5 Å². The van der Waals surface area contributed by atoms with Gasteiger partial charge in [0, 0.05) is 6.42 Å². The number of benzene rings is 1. The molecule has 0 unspecified atom stereocenters. The molecule has 5 N–H and O–H groups in total. The molecule has 24 heavy (non-hydrogen) atoms. The minimum atomic E-state index is -4.77. The zero-order chi connectivity index (χ0) is 18.2. The maximum Gasteiger partial charge on any atom is 0.435 e. The van der Waals surface area contributed by atoms with Crippen molar-refractivity contribution < 1.29 is 22.8 Å². The van der Waals surface area contributed by atoms with Gasteiger partial charge in [-0.15, -0.1) is 0 Å². The summed E-state index contributed by atoms with van der Waals surface area (Å²) >= 11 is 0. The molecule has 0 aliphatic heterocycles. The number of hydrogen-bond acceptors (Lipinski definition) is 6. The van der Waals surface area contributed by atoms with Crippen LogP contribution >= 0.6 is 0 Å². The topological polar surface area (TPSA) is 124 Å². The molecular weight excluding hydrogens is 327 g/mol. The molecule has 2 rings (SSSR count). The van der Waals surface area contributed by atoms with Gasteiger partial charge in [-0.2, -0.15) is 13.2 Å². The van der Waals surface area contributed by atoms with Gasteiger partial charge in [0.25, 0.3) is 0 Å². The van der Waals surface area contributed by atoms with Crippen LogP contribution in [0.1, 0.15) is 21.7 Å². The van der Waals surface area contributed by atoms with Crippen LogP contribution in [0, 0.1) is 0 Å². The minimum absolute atomic E-state index is 0.178. The van der Waals surface area contributed by atoms with E-state index in [9.17, 15) is 18.0 Å². The van der Waals surface area contributed by atoms with Gasteiger partial charge in [0.1, 0.15) is 11.5 Å². The zero-order valence-corrected chi connectivity index (χ0v) is 12.2. The molecule has 0 bridgehead atoms. The molecule has 0 fully saturated rings. The number of rotatable bonds is 4. The quantitative estimate of drug-likeness (QED) is 0.252. The summed E-state index contributed by atoms with van der Waals surface area (Å²) in [5.74, 6) is 3.28. The summed E-state index contributed by atoms with van der Waals surface area (Å²) in [6.45, 7) is 0. The van der Waals surface area contributed by atoms with Gasteiger partial charge in [0.05, 0.1) is 6.20 Å². The van der Waals surface area contributed by atoms with Crippen molar-refractivity contribution in [2.24, 2.45) is 5.84 Å². The number of aromatic nitrogens is 2. The number of Topliss-reactive ketones (excluding diaryl/α,β-unsaturated/α-hetero) is 1. The van der Waals surface area contributed by atoms with E-state index in [0.29, 0.717) is 12.0 Å². The van der Waals surface area contributed by atoms with Crippen molar-refractivity contribution in [2.75, 3.05) is 5.73 Å². The first-order chi connectivity index (χ1) is 11.3. The molecule has 128 valence electrons. The van der Waals surface area contributed by atoms with E-state index in [2.05, 4.69) is 15.8 Å². The largest absolute Gasteiger partial charge is 0.435 e. The Morgan fingerprint density at radius 3 is 2.33 bits per heavy atom. The fraction of sp³-hybridized carbons (Fsp3) is 0.143. The summed E-state index contributed by atoms with van der Waals surface area (Å²) in [7, 11) is 0. The van der Waals surface area contributed by atoms with E-state index in [4.69, 9.17) is 10.5 Å². The van der Waals surface area contributed by atoms with Crippen LogP contribution < -0.4 is 17.0 Å². The first-order valence-corrected chi connectivity index (χ1v) is 6.46. The molecule has 0 spiro atoms. The first-order valence-electron chi connectivity index (χ1n) is 6.46. The van der Waals surface area contributed by atoms with Crippen molar-refractivity contribution in [3.63, 3.8) is 0 Å². The average molecular weight is 341 g/mol. The number of hydrazine groups is 1. The maximum atomic E-state index is 12.8. The van der Waals surface area contributed by atoms with Crippen LogP contribution in [0.2, 0.25) is 0 Å². The summed E-state index contributed by atoms with van der Waals surface area (Å²) in [4.78, 5) is 27.5. The third kappa shape index (κ3) is 5.65. The third-order valence-electron chi connectivity index (χ3n) is 2.60. The molecule has 1 aromatic heterocycles. The summed E-state index contributed by atoms with van der Waals surface area (Å²) in [6.07, 6.45) is -3.61. The van der Waals surface area contributed by atoms with Crippen LogP contribution in [0.15, 0.2) is 36.5 Å². The van der Waals surface area contributed by atoms with Crippen LogP contribution in [-0.2, 0) is 17.4 Å². The molecule has 1 aromatic carbocycles. The van der Waals surface area contributed by atoms with Gasteiger partial charge in [-0.1, -0.05) is 30.3 Å². The van der Waals surface area contributed by atoms with E-state index >= 15 is 0 Å². The summed E-state index contributed by atoms with van der Waals surface area (Å²) in [5, 5.41) is 0. The Morgan fingerprint density at radius 2 is 1.83 bits per heavy atom. The van der Waals surface area contributed by atoms with E-state index in [0.717, 1.165) is 6.20 Å². The smallest absolute Gasteiger partial charge is 0.382 e. The highest BCUT2D eigenvalue weighted by Gasteiger charge is 2.38. The van der Waals surface area contributed by atoms with Gasteiger partial charge in [-0.25, -0.2) is 15.8 Å². The standard InChI is InChI=1S/C13H10F3N3O.CH4N2O/c14-13(15,16)12-11(18-7-10(17)19-12)9(20)6-8-4-2-1-3-5-8;2-3-1-4/h1-5,7H,6H2,(H2,17,19);1H,2H2,(H,3,4). The highest BCUT2D eigenvalue weighted by atomic mass is 19.4. The fourth-order valence-corrected chi connectivity index (χ4v) is 1.67. The normalized spacial score (nSPS) is 10.3. The van der Waals surface area contributed by atoms with Crippen LogP contribution in [-0.4, -0.2) is 22.2 Å².